The Hall–Kier alpha value is -3.61. The van der Waals surface area contributed by atoms with Crippen LogP contribution in [0.25, 0.3) is 21.5 Å². The van der Waals surface area contributed by atoms with Crippen molar-refractivity contribution in [1.82, 2.24) is 26.0 Å². The van der Waals surface area contributed by atoms with Crippen molar-refractivity contribution in [3.63, 3.8) is 0 Å². The zero-order chi connectivity index (χ0) is 16.4. The minimum Gasteiger partial charge on any atom is -0.264 e. The summed E-state index contributed by atoms with van der Waals surface area (Å²) in [6, 6.07) is 18.3. The summed E-state index contributed by atoms with van der Waals surface area (Å²) in [6.07, 6.45) is 1.64. The first-order valence-corrected chi connectivity index (χ1v) is 7.30. The largest absolute Gasteiger partial charge is 0.312 e. The fourth-order valence-electron chi connectivity index (χ4n) is 2.65. The van der Waals surface area contributed by atoms with Gasteiger partial charge in [0, 0.05) is 5.56 Å². The van der Waals surface area contributed by atoms with E-state index in [0.29, 0.717) is 0 Å². The van der Waals surface area contributed by atoms with Crippen LogP contribution in [0, 0.1) is 0 Å². The van der Waals surface area contributed by atoms with Gasteiger partial charge in [0.1, 0.15) is 0 Å². The molecule has 0 aliphatic heterocycles. The summed E-state index contributed by atoms with van der Waals surface area (Å²) in [5.74, 6) is -0.584. The van der Waals surface area contributed by atoms with Crippen molar-refractivity contribution < 1.29 is 4.79 Å². The SMILES string of the molecule is O=C(NN=Cc1c2ccccc2cc2ccccc12)c1nn[nH]n1. The number of aromatic amines is 1. The van der Waals surface area contributed by atoms with Crippen molar-refractivity contribution in [3.05, 3.63) is 66.0 Å². The zero-order valence-corrected chi connectivity index (χ0v) is 12.5. The van der Waals surface area contributed by atoms with Crippen LogP contribution in [0.2, 0.25) is 0 Å². The molecule has 0 unspecified atom stereocenters. The molecule has 7 nitrogen and oxygen atoms in total. The molecule has 0 atom stereocenters. The highest BCUT2D eigenvalue weighted by Gasteiger charge is 2.09. The summed E-state index contributed by atoms with van der Waals surface area (Å²) < 4.78 is 0. The minimum atomic E-state index is -0.524. The van der Waals surface area contributed by atoms with Gasteiger partial charge in [-0.05, 0) is 32.8 Å². The van der Waals surface area contributed by atoms with E-state index in [1.807, 2.05) is 36.4 Å². The van der Waals surface area contributed by atoms with Crippen LogP contribution in [0.1, 0.15) is 16.2 Å². The number of hydrazone groups is 1. The van der Waals surface area contributed by atoms with E-state index in [4.69, 9.17) is 0 Å². The van der Waals surface area contributed by atoms with Crippen LogP contribution in [-0.2, 0) is 0 Å². The molecule has 0 saturated heterocycles. The molecule has 7 heteroatoms. The Morgan fingerprint density at radius 2 is 1.71 bits per heavy atom. The number of carbonyl (C=O) groups is 1. The molecule has 0 fully saturated rings. The average molecular weight is 316 g/mol. The van der Waals surface area contributed by atoms with Crippen LogP contribution in [0.4, 0.5) is 0 Å². The van der Waals surface area contributed by atoms with Crippen molar-refractivity contribution in [2.45, 2.75) is 0 Å². The third kappa shape index (κ3) is 2.48. The molecule has 4 aromatic rings. The predicted octanol–water partition coefficient (Wildman–Crippen LogP) is 2.27. The number of aromatic nitrogens is 4. The number of hydrogen-bond acceptors (Lipinski definition) is 5. The quantitative estimate of drug-likeness (QED) is 0.344. The molecule has 4 rings (SSSR count). The number of nitrogens with zero attached hydrogens (tertiary/aromatic N) is 4. The van der Waals surface area contributed by atoms with Gasteiger partial charge in [0.15, 0.2) is 0 Å². The smallest absolute Gasteiger partial charge is 0.264 e. The number of fused-ring (bicyclic) bond motifs is 2. The Morgan fingerprint density at radius 3 is 2.33 bits per heavy atom. The summed E-state index contributed by atoms with van der Waals surface area (Å²) in [5, 5.41) is 21.2. The molecule has 0 aliphatic carbocycles. The highest BCUT2D eigenvalue weighted by atomic mass is 16.2. The highest BCUT2D eigenvalue weighted by Crippen LogP contribution is 2.27. The molecule has 1 amide bonds. The molecular formula is C17H12N6O. The Labute approximate surface area is 136 Å². The van der Waals surface area contributed by atoms with Gasteiger partial charge < -0.3 is 0 Å². The molecule has 0 bridgehead atoms. The van der Waals surface area contributed by atoms with Crippen LogP contribution >= 0.6 is 0 Å². The Kier molecular flexibility index (Phi) is 3.43. The summed E-state index contributed by atoms with van der Waals surface area (Å²) in [4.78, 5) is 11.8. The van der Waals surface area contributed by atoms with Crippen molar-refractivity contribution in [1.29, 1.82) is 0 Å². The molecule has 0 radical (unpaired) electrons. The third-order valence-electron chi connectivity index (χ3n) is 3.72. The predicted molar refractivity (Wildman–Crippen MR) is 90.7 cm³/mol. The Bertz CT molecular complexity index is 1000. The summed E-state index contributed by atoms with van der Waals surface area (Å²) in [7, 11) is 0. The second-order valence-electron chi connectivity index (χ2n) is 5.17. The molecule has 0 aliphatic rings. The van der Waals surface area contributed by atoms with E-state index in [2.05, 4.69) is 49.4 Å². The van der Waals surface area contributed by atoms with Gasteiger partial charge in [0.05, 0.1) is 6.21 Å². The molecule has 0 spiro atoms. The number of hydrogen-bond donors (Lipinski definition) is 2. The monoisotopic (exact) mass is 316 g/mol. The highest BCUT2D eigenvalue weighted by molar-refractivity contribution is 6.13. The van der Waals surface area contributed by atoms with Crippen LogP contribution < -0.4 is 5.43 Å². The molecule has 116 valence electrons. The second kappa shape index (κ2) is 5.88. The topological polar surface area (TPSA) is 95.9 Å². The van der Waals surface area contributed by atoms with E-state index in [1.165, 1.54) is 0 Å². The standard InChI is InChI=1S/C17H12N6O/c24-17(16-19-22-23-20-16)21-18-10-15-13-7-3-1-5-11(13)9-12-6-2-4-8-14(12)15/h1-10H,(H,21,24)(H,19,20,22,23). The van der Waals surface area contributed by atoms with Gasteiger partial charge in [-0.3, -0.25) is 4.79 Å². The van der Waals surface area contributed by atoms with Crippen molar-refractivity contribution in [3.8, 4) is 0 Å². The van der Waals surface area contributed by atoms with Gasteiger partial charge in [0.25, 0.3) is 5.82 Å². The number of amides is 1. The van der Waals surface area contributed by atoms with E-state index in [9.17, 15) is 4.79 Å². The van der Waals surface area contributed by atoms with E-state index >= 15 is 0 Å². The fourth-order valence-corrected chi connectivity index (χ4v) is 2.65. The van der Waals surface area contributed by atoms with Crippen LogP contribution in [0.5, 0.6) is 0 Å². The normalized spacial score (nSPS) is 11.3. The second-order valence-corrected chi connectivity index (χ2v) is 5.17. The fraction of sp³-hybridized carbons (Fsp3) is 0. The first kappa shape index (κ1) is 14.0. The lowest BCUT2D eigenvalue weighted by Crippen LogP contribution is -2.19. The van der Waals surface area contributed by atoms with Gasteiger partial charge in [-0.1, -0.05) is 48.5 Å². The lowest BCUT2D eigenvalue weighted by molar-refractivity contribution is 0.0945. The lowest BCUT2D eigenvalue weighted by atomic mass is 9.97. The van der Waals surface area contributed by atoms with E-state index in [1.54, 1.807) is 6.21 Å². The minimum absolute atomic E-state index is 0.0603. The molecular weight excluding hydrogens is 304 g/mol. The average Bonchev–Trinajstić information content (AvgIpc) is 3.16. The number of carbonyl (C=O) groups excluding carboxylic acids is 1. The van der Waals surface area contributed by atoms with Crippen LogP contribution in [-0.4, -0.2) is 32.7 Å². The molecule has 2 N–H and O–H groups in total. The van der Waals surface area contributed by atoms with E-state index < -0.39 is 5.91 Å². The molecule has 24 heavy (non-hydrogen) atoms. The van der Waals surface area contributed by atoms with Crippen molar-refractivity contribution >= 4 is 33.7 Å². The van der Waals surface area contributed by atoms with E-state index in [-0.39, 0.29) is 5.82 Å². The molecule has 0 saturated carbocycles. The maximum atomic E-state index is 11.8. The lowest BCUT2D eigenvalue weighted by Gasteiger charge is -2.07. The summed E-state index contributed by atoms with van der Waals surface area (Å²) >= 11 is 0. The first-order chi connectivity index (χ1) is 11.8. The summed E-state index contributed by atoms with van der Waals surface area (Å²) in [5.41, 5.74) is 3.35. The third-order valence-corrected chi connectivity index (χ3v) is 3.72. The molecule has 1 heterocycles. The number of rotatable bonds is 3. The number of benzene rings is 3. The maximum Gasteiger partial charge on any atom is 0.312 e. The van der Waals surface area contributed by atoms with Gasteiger partial charge in [0.2, 0.25) is 0 Å². The maximum absolute atomic E-state index is 11.8. The molecule has 3 aromatic carbocycles. The number of H-pyrrole nitrogens is 1. The molecule has 1 aromatic heterocycles. The number of tetrazole rings is 1. The van der Waals surface area contributed by atoms with Gasteiger partial charge in [-0.2, -0.15) is 10.3 Å². The van der Waals surface area contributed by atoms with Crippen LogP contribution in [0.3, 0.4) is 0 Å². The van der Waals surface area contributed by atoms with Crippen molar-refractivity contribution in [2.75, 3.05) is 0 Å². The zero-order valence-electron chi connectivity index (χ0n) is 12.5. The first-order valence-electron chi connectivity index (χ1n) is 7.30. The van der Waals surface area contributed by atoms with Gasteiger partial charge in [-0.25, -0.2) is 5.43 Å². The van der Waals surface area contributed by atoms with E-state index in [0.717, 1.165) is 27.1 Å². The van der Waals surface area contributed by atoms with Gasteiger partial charge >= 0.3 is 5.91 Å². The summed E-state index contributed by atoms with van der Waals surface area (Å²) in [6.45, 7) is 0. The van der Waals surface area contributed by atoms with Crippen LogP contribution in [0.15, 0.2) is 59.7 Å². The Balaban J connectivity index is 1.76. The van der Waals surface area contributed by atoms with Crippen molar-refractivity contribution in [2.24, 2.45) is 5.10 Å². The van der Waals surface area contributed by atoms with Gasteiger partial charge in [-0.15, -0.1) is 10.2 Å². The Morgan fingerprint density at radius 1 is 1.04 bits per heavy atom. The number of nitrogens with one attached hydrogen (secondary N) is 2.